The van der Waals surface area contributed by atoms with Gasteiger partial charge in [-0.1, -0.05) is 36.4 Å². The van der Waals surface area contributed by atoms with Crippen LogP contribution >= 0.6 is 24.8 Å². The number of morpholine rings is 1. The van der Waals surface area contributed by atoms with E-state index in [1.54, 1.807) is 0 Å². The number of rotatable bonds is 5. The molecule has 6 nitrogen and oxygen atoms in total. The van der Waals surface area contributed by atoms with E-state index in [1.165, 1.54) is 5.56 Å². The molecule has 1 unspecified atom stereocenters. The van der Waals surface area contributed by atoms with Crippen LogP contribution in [0, 0.1) is 0 Å². The summed E-state index contributed by atoms with van der Waals surface area (Å²) in [7, 11) is 0. The molecule has 1 fully saturated rings. The van der Waals surface area contributed by atoms with Crippen molar-refractivity contribution in [1.29, 1.82) is 0 Å². The van der Waals surface area contributed by atoms with Crippen molar-refractivity contribution in [2.24, 2.45) is 0 Å². The maximum Gasteiger partial charge on any atom is 0.239 e. The highest BCUT2D eigenvalue weighted by Gasteiger charge is 2.20. The number of carbonyl (C=O) groups excluding carboxylic acids is 1. The van der Waals surface area contributed by atoms with Gasteiger partial charge in [-0.25, -0.2) is 4.98 Å². The van der Waals surface area contributed by atoms with Crippen LogP contribution in [0.5, 0.6) is 0 Å². The van der Waals surface area contributed by atoms with Crippen molar-refractivity contribution in [2.75, 3.05) is 19.8 Å². The molecule has 0 radical (unpaired) electrons. The first-order valence-electron chi connectivity index (χ1n) is 8.86. The summed E-state index contributed by atoms with van der Waals surface area (Å²) in [6.45, 7) is 3.07. The third-order valence-corrected chi connectivity index (χ3v) is 4.58. The number of hydrogen-bond acceptors (Lipinski definition) is 4. The molecule has 1 saturated heterocycles. The molecular weight excluding hydrogens is 399 g/mol. The molecule has 1 amide bonds. The molecule has 2 aromatic carbocycles. The zero-order chi connectivity index (χ0) is 17.8. The zero-order valence-corrected chi connectivity index (χ0v) is 17.0. The number of amides is 1. The summed E-state index contributed by atoms with van der Waals surface area (Å²) in [6, 6.07) is 16.1. The van der Waals surface area contributed by atoms with Gasteiger partial charge < -0.3 is 19.9 Å². The Balaban J connectivity index is 0.00000140. The van der Waals surface area contributed by atoms with Crippen molar-refractivity contribution in [2.45, 2.75) is 19.1 Å². The highest BCUT2D eigenvalue weighted by molar-refractivity contribution is 5.85. The van der Waals surface area contributed by atoms with Gasteiger partial charge in [0.25, 0.3) is 0 Å². The van der Waals surface area contributed by atoms with E-state index in [2.05, 4.69) is 38.4 Å². The van der Waals surface area contributed by atoms with Crippen molar-refractivity contribution in [3.05, 3.63) is 66.0 Å². The van der Waals surface area contributed by atoms with E-state index < -0.39 is 0 Å². The van der Waals surface area contributed by atoms with Crippen LogP contribution in [0.2, 0.25) is 0 Å². The number of ether oxygens (including phenoxy) is 1. The molecule has 1 aliphatic rings. The molecule has 8 heteroatoms. The Morgan fingerprint density at radius 2 is 2.00 bits per heavy atom. The summed E-state index contributed by atoms with van der Waals surface area (Å²) in [5.74, 6) is -0.0179. The molecule has 0 spiro atoms. The van der Waals surface area contributed by atoms with Crippen LogP contribution in [-0.4, -0.2) is 41.3 Å². The van der Waals surface area contributed by atoms with Gasteiger partial charge in [-0.15, -0.1) is 24.8 Å². The van der Waals surface area contributed by atoms with Gasteiger partial charge in [-0.05, 0) is 23.3 Å². The number of hydrogen-bond donors (Lipinski definition) is 2. The average Bonchev–Trinajstić information content (AvgIpc) is 3.10. The first-order chi connectivity index (χ1) is 12.8. The van der Waals surface area contributed by atoms with Crippen molar-refractivity contribution in [3.8, 4) is 0 Å². The standard InChI is InChI=1S/C20H22N4O2.2ClH/c25-20(18-13-26-9-8-21-18)22-11-15-4-3-5-16(10-15)12-24-14-23-17-6-1-2-7-19(17)24;;/h1-7,10,14,18,21H,8-9,11-13H2,(H,22,25);2*1H. The maximum absolute atomic E-state index is 12.2. The number of nitrogens with zero attached hydrogens (tertiary/aromatic N) is 2. The van der Waals surface area contributed by atoms with E-state index in [1.807, 2.05) is 36.7 Å². The van der Waals surface area contributed by atoms with E-state index in [0.717, 1.165) is 23.1 Å². The molecule has 150 valence electrons. The highest BCUT2D eigenvalue weighted by Crippen LogP contribution is 2.15. The van der Waals surface area contributed by atoms with Gasteiger partial charge >= 0.3 is 0 Å². The highest BCUT2D eigenvalue weighted by atomic mass is 35.5. The summed E-state index contributed by atoms with van der Waals surface area (Å²) in [4.78, 5) is 16.6. The normalized spacial score (nSPS) is 16.1. The predicted molar refractivity (Wildman–Crippen MR) is 114 cm³/mol. The topological polar surface area (TPSA) is 68.2 Å². The van der Waals surface area contributed by atoms with Gasteiger partial charge in [0.1, 0.15) is 6.04 Å². The van der Waals surface area contributed by atoms with E-state index in [-0.39, 0.29) is 36.8 Å². The lowest BCUT2D eigenvalue weighted by Gasteiger charge is -2.22. The third-order valence-electron chi connectivity index (χ3n) is 4.58. The fourth-order valence-electron chi connectivity index (χ4n) is 3.22. The molecule has 3 aromatic rings. The minimum atomic E-state index is -0.260. The molecule has 28 heavy (non-hydrogen) atoms. The van der Waals surface area contributed by atoms with E-state index in [9.17, 15) is 4.79 Å². The number of aromatic nitrogens is 2. The first-order valence-corrected chi connectivity index (χ1v) is 8.86. The number of nitrogens with one attached hydrogen (secondary N) is 2. The summed E-state index contributed by atoms with van der Waals surface area (Å²) < 4.78 is 7.47. The Morgan fingerprint density at radius 3 is 2.82 bits per heavy atom. The molecule has 2 N–H and O–H groups in total. The molecular formula is C20H24Cl2N4O2. The van der Waals surface area contributed by atoms with Gasteiger partial charge in [0.2, 0.25) is 5.91 Å². The van der Waals surface area contributed by atoms with Crippen LogP contribution in [-0.2, 0) is 22.6 Å². The monoisotopic (exact) mass is 422 g/mol. The number of para-hydroxylation sites is 2. The Morgan fingerprint density at radius 1 is 1.18 bits per heavy atom. The molecule has 0 bridgehead atoms. The number of fused-ring (bicyclic) bond motifs is 1. The molecule has 1 atom stereocenters. The third kappa shape index (κ3) is 5.23. The lowest BCUT2D eigenvalue weighted by Crippen LogP contribution is -2.51. The summed E-state index contributed by atoms with van der Waals surface area (Å²) in [5, 5.41) is 6.15. The van der Waals surface area contributed by atoms with E-state index >= 15 is 0 Å². The number of imidazole rings is 1. The molecule has 4 rings (SSSR count). The fraction of sp³-hybridized carbons (Fsp3) is 0.300. The van der Waals surface area contributed by atoms with Crippen LogP contribution < -0.4 is 10.6 Å². The number of halogens is 2. The largest absolute Gasteiger partial charge is 0.378 e. The summed E-state index contributed by atoms with van der Waals surface area (Å²) in [6.07, 6.45) is 1.87. The Bertz CT molecular complexity index is 910. The average molecular weight is 423 g/mol. The van der Waals surface area contributed by atoms with Crippen LogP contribution in [0.4, 0.5) is 0 Å². The predicted octanol–water partition coefficient (Wildman–Crippen LogP) is 2.53. The van der Waals surface area contributed by atoms with Crippen LogP contribution in [0.15, 0.2) is 54.9 Å². The second-order valence-corrected chi connectivity index (χ2v) is 6.48. The van der Waals surface area contributed by atoms with Crippen LogP contribution in [0.1, 0.15) is 11.1 Å². The van der Waals surface area contributed by atoms with E-state index in [4.69, 9.17) is 4.74 Å². The van der Waals surface area contributed by atoms with Crippen molar-refractivity contribution in [1.82, 2.24) is 20.2 Å². The van der Waals surface area contributed by atoms with Crippen LogP contribution in [0.3, 0.4) is 0 Å². The lowest BCUT2D eigenvalue weighted by molar-refractivity contribution is -0.126. The van der Waals surface area contributed by atoms with Gasteiger partial charge in [-0.2, -0.15) is 0 Å². The van der Waals surface area contributed by atoms with Gasteiger partial charge in [0.15, 0.2) is 0 Å². The maximum atomic E-state index is 12.2. The summed E-state index contributed by atoms with van der Waals surface area (Å²) in [5.41, 5.74) is 4.38. The molecule has 0 aliphatic carbocycles. The van der Waals surface area contributed by atoms with Gasteiger partial charge in [0, 0.05) is 19.6 Å². The Hall–Kier alpha value is -2.12. The minimum absolute atomic E-state index is 0. The van der Waals surface area contributed by atoms with Gasteiger partial charge in [-0.3, -0.25) is 4.79 Å². The fourth-order valence-corrected chi connectivity index (χ4v) is 3.22. The number of benzene rings is 2. The second kappa shape index (κ2) is 10.4. The van der Waals surface area contributed by atoms with E-state index in [0.29, 0.717) is 26.3 Å². The van der Waals surface area contributed by atoms with Crippen LogP contribution in [0.25, 0.3) is 11.0 Å². The molecule has 1 aliphatic heterocycles. The summed E-state index contributed by atoms with van der Waals surface area (Å²) >= 11 is 0. The zero-order valence-electron chi connectivity index (χ0n) is 15.3. The lowest BCUT2D eigenvalue weighted by atomic mass is 10.1. The number of carbonyl (C=O) groups is 1. The van der Waals surface area contributed by atoms with Crippen molar-refractivity contribution in [3.63, 3.8) is 0 Å². The molecule has 1 aromatic heterocycles. The second-order valence-electron chi connectivity index (χ2n) is 6.48. The van der Waals surface area contributed by atoms with Gasteiger partial charge in [0.05, 0.1) is 30.6 Å². The quantitative estimate of drug-likeness (QED) is 0.662. The SMILES string of the molecule is Cl.Cl.O=C(NCc1cccc(Cn2cnc3ccccc32)c1)C1COCCN1. The van der Waals surface area contributed by atoms with Crippen molar-refractivity contribution < 1.29 is 9.53 Å². The molecule has 2 heterocycles. The molecule has 0 saturated carbocycles. The smallest absolute Gasteiger partial charge is 0.239 e. The minimum Gasteiger partial charge on any atom is -0.378 e. The Kier molecular flexibility index (Phi) is 8.26. The first kappa shape index (κ1) is 22.2. The van der Waals surface area contributed by atoms with Crippen molar-refractivity contribution >= 4 is 41.8 Å². The Labute approximate surface area is 176 Å².